The quantitative estimate of drug-likeness (QED) is 0.126. The number of nitrogens with zero attached hydrogens (tertiary/aromatic N) is 1. The summed E-state index contributed by atoms with van der Waals surface area (Å²) >= 11 is 0. The van der Waals surface area contributed by atoms with Gasteiger partial charge in [-0.05, 0) is 129 Å². The van der Waals surface area contributed by atoms with Crippen LogP contribution in [0.2, 0.25) is 0 Å². The molecule has 0 radical (unpaired) electrons. The number of carbonyl (C=O) groups excluding carboxylic acids is 1. The summed E-state index contributed by atoms with van der Waals surface area (Å²) in [5.74, 6) is -0.404. The number of ketones is 1. The number of hydrogen-bond acceptors (Lipinski definition) is 6. The van der Waals surface area contributed by atoms with Crippen molar-refractivity contribution in [3.05, 3.63) is 22.8 Å². The molecule has 11 atom stereocenters. The number of fused-ring (bicyclic) bond motifs is 5. The lowest BCUT2D eigenvalue weighted by atomic mass is 9.43. The second-order valence-electron chi connectivity index (χ2n) is 17.9. The van der Waals surface area contributed by atoms with Gasteiger partial charge in [0.2, 0.25) is 0 Å². The number of carbonyl (C=O) groups is 1. The normalized spacial score (nSPS) is 43.5. The van der Waals surface area contributed by atoms with Gasteiger partial charge < -0.3 is 31.9 Å². The molecule has 0 bridgehead atoms. The lowest BCUT2D eigenvalue weighted by Crippen LogP contribution is -2.64. The molecule has 0 saturated heterocycles. The summed E-state index contributed by atoms with van der Waals surface area (Å²) in [5.41, 5.74) is 13.5. The first-order valence-corrected chi connectivity index (χ1v) is 18.8. The maximum atomic E-state index is 13.8. The molecule has 5 saturated carbocycles. The van der Waals surface area contributed by atoms with E-state index in [1.54, 1.807) is 11.6 Å². The Bertz CT molecular complexity index is 1310. The minimum absolute atomic E-state index is 0.0114. The van der Waals surface area contributed by atoms with E-state index >= 15 is 0 Å². The summed E-state index contributed by atoms with van der Waals surface area (Å²) in [6, 6.07) is 0. The van der Waals surface area contributed by atoms with E-state index in [0.29, 0.717) is 37.1 Å². The Kier molecular flexibility index (Phi) is 9.37. The Labute approximate surface area is 282 Å². The van der Waals surface area contributed by atoms with Gasteiger partial charge in [-0.1, -0.05) is 58.6 Å². The molecule has 0 aliphatic heterocycles. The molecule has 47 heavy (non-hydrogen) atoms. The number of aliphatic imine (C=N–C) groups is 1. The Morgan fingerprint density at radius 3 is 2.36 bits per heavy atom. The molecule has 5 fully saturated rings. The summed E-state index contributed by atoms with van der Waals surface area (Å²) in [7, 11) is 0. The third kappa shape index (κ3) is 5.75. The van der Waals surface area contributed by atoms with Gasteiger partial charge in [-0.3, -0.25) is 9.79 Å². The number of aliphatic hydroxyl groups excluding tert-OH is 3. The third-order valence-corrected chi connectivity index (χ3v) is 15.0. The zero-order chi connectivity index (χ0) is 34.1. The van der Waals surface area contributed by atoms with Crippen LogP contribution in [0.3, 0.4) is 0 Å². The fourth-order valence-corrected chi connectivity index (χ4v) is 12.6. The van der Waals surface area contributed by atoms with Gasteiger partial charge in [0.05, 0.1) is 23.9 Å². The van der Waals surface area contributed by atoms with Crippen LogP contribution in [-0.4, -0.2) is 62.6 Å². The molecule has 0 aromatic rings. The van der Waals surface area contributed by atoms with Crippen molar-refractivity contribution in [2.75, 3.05) is 6.54 Å². The maximum absolute atomic E-state index is 13.8. The molecule has 8 N–H and O–H groups in total. The van der Waals surface area contributed by atoms with Crippen LogP contribution < -0.4 is 11.5 Å². The van der Waals surface area contributed by atoms with Crippen molar-refractivity contribution < 1.29 is 25.2 Å². The zero-order valence-electron chi connectivity index (χ0n) is 29.7. The minimum atomic E-state index is -1.22. The van der Waals surface area contributed by atoms with Gasteiger partial charge in [-0.2, -0.15) is 0 Å². The van der Waals surface area contributed by atoms with E-state index < -0.39 is 40.7 Å². The molecule has 8 nitrogen and oxygen atoms in total. The number of nitrogens with two attached hydrogens (primary N) is 2. The number of rotatable bonds is 7. The summed E-state index contributed by atoms with van der Waals surface area (Å²) < 4.78 is 0. The van der Waals surface area contributed by atoms with Gasteiger partial charge in [0.15, 0.2) is 11.7 Å². The standard InChI is InChI=1S/C39H63N3O5/c1-22(2)26(24-9-8-13-38(19-24)11-6-7-12-38)15-30(43)23(3)27-10-14-39(47)29-17-31(44)28-16-32(45)33(46)20-36(28,4)34(29)25(18-37(27,39)5)21-42-35(40)41/h17,22-23,25,27-28,30,32-34,43,45-47H,6-16,18-21H2,1-5H3,(H4,40,41,42)/b26-24+/t23-,25-,27+,28-,30+,32+,33-,34-,36-,37+,39+/m0/s1. The van der Waals surface area contributed by atoms with Crippen molar-refractivity contribution in [2.24, 2.45) is 68.2 Å². The number of aliphatic hydroxyl groups is 4. The van der Waals surface area contributed by atoms with Crippen molar-refractivity contribution in [3.63, 3.8) is 0 Å². The molecule has 1 spiro atoms. The predicted octanol–water partition coefficient (Wildman–Crippen LogP) is 5.16. The molecule has 0 heterocycles. The molecule has 6 rings (SSSR count). The number of allylic oxidation sites excluding steroid dienone is 2. The first-order valence-electron chi connectivity index (χ1n) is 18.8. The average Bonchev–Trinajstić information content (AvgIpc) is 3.56. The summed E-state index contributed by atoms with van der Waals surface area (Å²) in [6.45, 7) is 11.3. The van der Waals surface area contributed by atoms with Crippen molar-refractivity contribution in [3.8, 4) is 0 Å². The van der Waals surface area contributed by atoms with Crippen molar-refractivity contribution in [1.29, 1.82) is 0 Å². The van der Waals surface area contributed by atoms with Crippen LogP contribution in [0.25, 0.3) is 0 Å². The minimum Gasteiger partial charge on any atom is -0.393 e. The highest BCUT2D eigenvalue weighted by molar-refractivity contribution is 5.95. The lowest BCUT2D eigenvalue weighted by molar-refractivity contribution is -0.164. The van der Waals surface area contributed by atoms with Gasteiger partial charge in [-0.15, -0.1) is 0 Å². The van der Waals surface area contributed by atoms with Gasteiger partial charge in [0, 0.05) is 17.9 Å². The highest BCUT2D eigenvalue weighted by atomic mass is 16.3. The number of guanidine groups is 1. The molecular formula is C39H63N3O5. The number of hydrogen-bond donors (Lipinski definition) is 6. The Morgan fingerprint density at radius 2 is 1.70 bits per heavy atom. The molecule has 0 amide bonds. The van der Waals surface area contributed by atoms with Gasteiger partial charge in [0.1, 0.15) is 0 Å². The van der Waals surface area contributed by atoms with Crippen LogP contribution in [0.1, 0.15) is 125 Å². The monoisotopic (exact) mass is 653 g/mol. The highest BCUT2D eigenvalue weighted by Crippen LogP contribution is 2.69. The second-order valence-corrected chi connectivity index (χ2v) is 17.9. The summed E-state index contributed by atoms with van der Waals surface area (Å²) in [6.07, 6.45) is 12.7. The van der Waals surface area contributed by atoms with Gasteiger partial charge >= 0.3 is 0 Å². The van der Waals surface area contributed by atoms with Crippen molar-refractivity contribution in [1.82, 2.24) is 0 Å². The smallest absolute Gasteiger partial charge is 0.185 e. The molecule has 0 unspecified atom stereocenters. The van der Waals surface area contributed by atoms with Crippen LogP contribution in [0.15, 0.2) is 27.8 Å². The Hall–Kier alpha value is -1.74. The van der Waals surface area contributed by atoms with Gasteiger partial charge in [-0.25, -0.2) is 0 Å². The largest absolute Gasteiger partial charge is 0.393 e. The van der Waals surface area contributed by atoms with Crippen LogP contribution in [-0.2, 0) is 4.79 Å². The molecule has 264 valence electrons. The van der Waals surface area contributed by atoms with Crippen molar-refractivity contribution in [2.45, 2.75) is 148 Å². The van der Waals surface area contributed by atoms with Gasteiger partial charge in [0.25, 0.3) is 0 Å². The van der Waals surface area contributed by atoms with E-state index in [2.05, 4.69) is 39.6 Å². The topological polar surface area (TPSA) is 162 Å². The SMILES string of the molecule is CC(C)/C(C[C@@H](O)[C@@H](C)[C@H]1CC[C@@]2(O)C3=CC(=O)[C@@H]4C[C@@H](O)[C@@H](O)C[C@]4(C)[C@H]3[C@H](CN=C(N)N)C[C@]12C)=C1\CCCC2(CCCC2)C1. The predicted molar refractivity (Wildman–Crippen MR) is 185 cm³/mol. The maximum Gasteiger partial charge on any atom is 0.185 e. The van der Waals surface area contributed by atoms with E-state index in [9.17, 15) is 25.2 Å². The van der Waals surface area contributed by atoms with Crippen LogP contribution in [0, 0.1) is 51.8 Å². The van der Waals surface area contributed by atoms with E-state index in [1.807, 2.05) is 0 Å². The second kappa shape index (κ2) is 12.5. The fourth-order valence-electron chi connectivity index (χ4n) is 12.6. The van der Waals surface area contributed by atoms with Crippen LogP contribution in [0.4, 0.5) is 0 Å². The summed E-state index contributed by atoms with van der Waals surface area (Å²) in [4.78, 5) is 18.3. The van der Waals surface area contributed by atoms with E-state index in [-0.39, 0.29) is 48.3 Å². The van der Waals surface area contributed by atoms with E-state index in [0.717, 1.165) is 18.4 Å². The first-order chi connectivity index (χ1) is 22.0. The zero-order valence-corrected chi connectivity index (χ0v) is 29.7. The summed E-state index contributed by atoms with van der Waals surface area (Å²) in [5, 5.41) is 46.4. The Balaban J connectivity index is 1.32. The van der Waals surface area contributed by atoms with E-state index in [1.165, 1.54) is 50.5 Å². The van der Waals surface area contributed by atoms with Crippen LogP contribution in [0.5, 0.6) is 0 Å². The first kappa shape index (κ1) is 35.1. The fraction of sp³-hybridized carbons (Fsp3) is 0.846. The van der Waals surface area contributed by atoms with Crippen molar-refractivity contribution >= 4 is 11.7 Å². The molecule has 6 aliphatic carbocycles. The van der Waals surface area contributed by atoms with Crippen LogP contribution >= 0.6 is 0 Å². The molecule has 8 heteroatoms. The van der Waals surface area contributed by atoms with E-state index in [4.69, 9.17) is 11.5 Å². The third-order valence-electron chi connectivity index (χ3n) is 15.0. The molecular weight excluding hydrogens is 590 g/mol. The molecule has 0 aromatic heterocycles. The lowest BCUT2D eigenvalue weighted by Gasteiger charge is -2.62. The molecule has 6 aliphatic rings. The average molecular weight is 654 g/mol. The highest BCUT2D eigenvalue weighted by Gasteiger charge is 2.69. The Morgan fingerprint density at radius 1 is 1.02 bits per heavy atom. The molecule has 0 aromatic carbocycles.